The van der Waals surface area contributed by atoms with Crippen LogP contribution in [0, 0.1) is 22.7 Å². The number of nitriles is 2. The first-order valence-corrected chi connectivity index (χ1v) is 19.7. The summed E-state index contributed by atoms with van der Waals surface area (Å²) in [5.74, 6) is 0. The molecule has 0 aliphatic rings. The highest BCUT2D eigenvalue weighted by atomic mass is 15.0. The van der Waals surface area contributed by atoms with Gasteiger partial charge in [0.05, 0.1) is 34.3 Å². The van der Waals surface area contributed by atoms with Crippen LogP contribution in [0.3, 0.4) is 0 Å². The van der Waals surface area contributed by atoms with E-state index in [1.807, 2.05) is 60.7 Å². The number of rotatable bonds is 7. The molecule has 0 fully saturated rings. The molecule has 1 heterocycles. The number of benzene rings is 9. The predicted molar refractivity (Wildman–Crippen MR) is 243 cm³/mol. The summed E-state index contributed by atoms with van der Waals surface area (Å²) in [4.78, 5) is 0. The van der Waals surface area contributed by atoms with Gasteiger partial charge in [0, 0.05) is 16.5 Å². The van der Waals surface area contributed by atoms with Crippen LogP contribution in [0.2, 0.25) is 0 Å². The zero-order valence-corrected chi connectivity index (χ0v) is 32.0. The minimum Gasteiger partial charge on any atom is -0.309 e. The van der Waals surface area contributed by atoms with Gasteiger partial charge in [-0.2, -0.15) is 10.5 Å². The highest BCUT2D eigenvalue weighted by Gasteiger charge is 2.17. The molecule has 10 aromatic rings. The van der Waals surface area contributed by atoms with Crippen LogP contribution in [0.25, 0.3) is 94.3 Å². The highest BCUT2D eigenvalue weighted by molar-refractivity contribution is 6.12. The van der Waals surface area contributed by atoms with Gasteiger partial charge in [-0.25, -0.2) is 0 Å². The van der Waals surface area contributed by atoms with E-state index in [1.165, 1.54) is 22.3 Å². The van der Waals surface area contributed by atoms with E-state index in [0.717, 1.165) is 72.0 Å². The molecule has 0 bridgehead atoms. The summed E-state index contributed by atoms with van der Waals surface area (Å²) in [5, 5.41) is 21.4. The van der Waals surface area contributed by atoms with Crippen LogP contribution in [-0.2, 0) is 0 Å². The molecule has 1 aromatic heterocycles. The Bertz CT molecular complexity index is 3000. The number of nitrogens with zero attached hydrogens (tertiary/aromatic N) is 3. The molecule has 0 saturated carbocycles. The summed E-state index contributed by atoms with van der Waals surface area (Å²) >= 11 is 0. The molecule has 0 spiro atoms. The largest absolute Gasteiger partial charge is 0.309 e. The maximum absolute atomic E-state index is 9.53. The lowest BCUT2D eigenvalue weighted by Gasteiger charge is -2.14. The van der Waals surface area contributed by atoms with Crippen LogP contribution in [-0.4, -0.2) is 4.57 Å². The summed E-state index contributed by atoms with van der Waals surface area (Å²) < 4.78 is 2.37. The summed E-state index contributed by atoms with van der Waals surface area (Å²) in [6.07, 6.45) is 0. The molecule has 0 saturated heterocycles. The van der Waals surface area contributed by atoms with E-state index >= 15 is 0 Å². The van der Waals surface area contributed by atoms with Crippen LogP contribution in [0.15, 0.2) is 212 Å². The SMILES string of the molecule is N#Cc1ccc(-c2cc(-c3ccc(C#N)cc3)cc(-n3c4ccc(-c5ccc(-c6ccccc6)cc5)cc4c4cc(-c5ccc(-c6ccccc6)cc5)ccc43)c2)cc1. The minimum absolute atomic E-state index is 0.621. The molecule has 0 aliphatic carbocycles. The van der Waals surface area contributed by atoms with Crippen LogP contribution in [0.4, 0.5) is 0 Å². The standard InChI is InChI=1S/C56H35N3/c57-36-38-11-15-46(16-12-38)50-31-51(47-17-13-39(37-58)14-18-47)33-52(32-50)59-55-29-27-48(44-23-19-42(20-24-44)40-7-3-1-4-8-40)34-53(55)54-35-49(28-30-56(54)59)45-25-21-43(22-26-45)41-9-5-2-6-10-41/h1-35H. The second-order valence-electron chi connectivity index (χ2n) is 14.8. The Morgan fingerprint density at radius 3 is 0.949 bits per heavy atom. The quantitative estimate of drug-likeness (QED) is 0.163. The van der Waals surface area contributed by atoms with E-state index in [-0.39, 0.29) is 0 Å². The van der Waals surface area contributed by atoms with Gasteiger partial charge in [0.25, 0.3) is 0 Å². The molecule has 10 rings (SSSR count). The van der Waals surface area contributed by atoms with Crippen molar-refractivity contribution >= 4 is 21.8 Å². The number of hydrogen-bond donors (Lipinski definition) is 0. The Morgan fingerprint density at radius 2 is 0.576 bits per heavy atom. The van der Waals surface area contributed by atoms with Crippen molar-refractivity contribution in [1.29, 1.82) is 10.5 Å². The fraction of sp³-hybridized carbons (Fsp3) is 0. The van der Waals surface area contributed by atoms with E-state index in [2.05, 4.69) is 168 Å². The first-order valence-electron chi connectivity index (χ1n) is 19.7. The van der Waals surface area contributed by atoms with Crippen LogP contribution >= 0.6 is 0 Å². The summed E-state index contributed by atoms with van der Waals surface area (Å²) in [7, 11) is 0. The summed E-state index contributed by atoms with van der Waals surface area (Å²) in [6, 6.07) is 78.9. The lowest BCUT2D eigenvalue weighted by Crippen LogP contribution is -1.96. The predicted octanol–water partition coefficient (Wildman–Crippen LogP) is 14.5. The molecule has 274 valence electrons. The van der Waals surface area contributed by atoms with E-state index in [9.17, 15) is 10.5 Å². The van der Waals surface area contributed by atoms with Crippen molar-refractivity contribution < 1.29 is 0 Å². The van der Waals surface area contributed by atoms with Gasteiger partial charge < -0.3 is 4.57 Å². The first-order chi connectivity index (χ1) is 29.1. The monoisotopic (exact) mass is 749 g/mol. The third kappa shape index (κ3) is 6.74. The molecule has 0 aliphatic heterocycles. The maximum Gasteiger partial charge on any atom is 0.0991 e. The molecular weight excluding hydrogens is 715 g/mol. The van der Waals surface area contributed by atoms with Gasteiger partial charge in [-0.1, -0.05) is 146 Å². The van der Waals surface area contributed by atoms with E-state index < -0.39 is 0 Å². The van der Waals surface area contributed by atoms with Crippen molar-refractivity contribution in [2.45, 2.75) is 0 Å². The lowest BCUT2D eigenvalue weighted by atomic mass is 9.96. The van der Waals surface area contributed by atoms with E-state index in [1.54, 1.807) is 0 Å². The third-order valence-corrected chi connectivity index (χ3v) is 11.3. The van der Waals surface area contributed by atoms with E-state index in [4.69, 9.17) is 0 Å². The van der Waals surface area contributed by atoms with Gasteiger partial charge in [0.1, 0.15) is 0 Å². The Hall–Kier alpha value is -8.24. The molecule has 59 heavy (non-hydrogen) atoms. The summed E-state index contributed by atoms with van der Waals surface area (Å²) in [6.45, 7) is 0. The van der Waals surface area contributed by atoms with Gasteiger partial charge in [-0.3, -0.25) is 0 Å². The van der Waals surface area contributed by atoms with Gasteiger partial charge in [-0.05, 0) is 133 Å². The highest BCUT2D eigenvalue weighted by Crippen LogP contribution is 2.40. The Labute approximate surface area is 343 Å². The Kier molecular flexibility index (Phi) is 8.96. The lowest BCUT2D eigenvalue weighted by molar-refractivity contribution is 1.18. The first kappa shape index (κ1) is 35.2. The molecule has 0 atom stereocenters. The van der Waals surface area contributed by atoms with Gasteiger partial charge >= 0.3 is 0 Å². The van der Waals surface area contributed by atoms with Gasteiger partial charge in [0.2, 0.25) is 0 Å². The van der Waals surface area contributed by atoms with Crippen LogP contribution in [0.1, 0.15) is 11.1 Å². The topological polar surface area (TPSA) is 52.5 Å². The van der Waals surface area contributed by atoms with Gasteiger partial charge in [0.15, 0.2) is 0 Å². The number of fused-ring (bicyclic) bond motifs is 3. The smallest absolute Gasteiger partial charge is 0.0991 e. The fourth-order valence-electron chi connectivity index (χ4n) is 8.18. The normalized spacial score (nSPS) is 11.0. The van der Waals surface area contributed by atoms with Crippen molar-refractivity contribution in [2.24, 2.45) is 0 Å². The number of aromatic nitrogens is 1. The van der Waals surface area contributed by atoms with Crippen molar-refractivity contribution in [1.82, 2.24) is 4.57 Å². The van der Waals surface area contributed by atoms with Crippen molar-refractivity contribution in [2.75, 3.05) is 0 Å². The minimum atomic E-state index is 0.621. The molecule has 3 heteroatoms. The fourth-order valence-corrected chi connectivity index (χ4v) is 8.18. The molecule has 0 radical (unpaired) electrons. The van der Waals surface area contributed by atoms with Crippen LogP contribution < -0.4 is 0 Å². The second-order valence-corrected chi connectivity index (χ2v) is 14.8. The van der Waals surface area contributed by atoms with Crippen molar-refractivity contribution in [3.8, 4) is 84.6 Å². The molecule has 3 nitrogen and oxygen atoms in total. The number of hydrogen-bond acceptors (Lipinski definition) is 2. The molecule has 0 amide bonds. The molecule has 0 N–H and O–H groups in total. The van der Waals surface area contributed by atoms with Crippen molar-refractivity contribution in [3.05, 3.63) is 223 Å². The third-order valence-electron chi connectivity index (χ3n) is 11.3. The van der Waals surface area contributed by atoms with E-state index in [0.29, 0.717) is 11.1 Å². The zero-order valence-electron chi connectivity index (χ0n) is 32.0. The maximum atomic E-state index is 9.53. The molecular formula is C56H35N3. The summed E-state index contributed by atoms with van der Waals surface area (Å²) in [5.41, 5.74) is 18.0. The molecule has 9 aromatic carbocycles. The average molecular weight is 750 g/mol. The second kappa shape index (κ2) is 15.0. The van der Waals surface area contributed by atoms with Crippen molar-refractivity contribution in [3.63, 3.8) is 0 Å². The van der Waals surface area contributed by atoms with Gasteiger partial charge in [-0.15, -0.1) is 0 Å². The van der Waals surface area contributed by atoms with Crippen LogP contribution in [0.5, 0.6) is 0 Å². The Morgan fingerprint density at radius 1 is 0.271 bits per heavy atom. The molecule has 0 unspecified atom stereocenters. The zero-order chi connectivity index (χ0) is 39.7. The average Bonchev–Trinajstić information content (AvgIpc) is 3.65. The Balaban J connectivity index is 1.16.